The van der Waals surface area contributed by atoms with Crippen molar-refractivity contribution in [3.8, 4) is 0 Å². The van der Waals surface area contributed by atoms with Crippen LogP contribution >= 0.6 is 0 Å². The molecule has 0 aromatic carbocycles. The topological polar surface area (TPSA) is 466 Å². The molecule has 0 aromatic heterocycles. The van der Waals surface area contributed by atoms with Gasteiger partial charge in [0.15, 0.2) is 34.7 Å². The summed E-state index contributed by atoms with van der Waals surface area (Å²) in [5.41, 5.74) is -14.1. The molecule has 822 valence electrons. The predicted octanol–water partition coefficient (Wildman–Crippen LogP) is 14.7. The number of rotatable bonds is 11. The molecule has 0 bridgehead atoms. The fourth-order valence-corrected chi connectivity index (χ4v) is 37.7. The maximum Gasteiger partial charge on any atom is 0.167 e. The second-order valence-electron chi connectivity index (χ2n) is 59.1. The molecule has 26 heteroatoms. The molecule has 12 N–H and O–H groups in total. The van der Waals surface area contributed by atoms with Crippen molar-refractivity contribution in [2.75, 3.05) is 0 Å². The summed E-state index contributed by atoms with van der Waals surface area (Å²) < 4.78 is 13.4. The number of ketones is 12. The van der Waals surface area contributed by atoms with Crippen molar-refractivity contribution >= 4 is 69.4 Å². The first kappa shape index (κ1) is 115. The molecule has 0 amide bonds. The van der Waals surface area contributed by atoms with Gasteiger partial charge in [-0.25, -0.2) is 0 Å². The minimum absolute atomic E-state index is 0.00209. The van der Waals surface area contributed by atoms with Gasteiger partial charge in [-0.05, 0) is 209 Å². The van der Waals surface area contributed by atoms with Gasteiger partial charge in [0.25, 0.3) is 0 Å². The number of fused-ring (bicyclic) bond motifs is 24. The summed E-state index contributed by atoms with van der Waals surface area (Å²) in [6.45, 7) is 62.8. The van der Waals surface area contributed by atoms with Crippen LogP contribution in [0.25, 0.3) is 0 Å². The average Bonchev–Trinajstić information content (AvgIpc) is 1.56. The molecule has 0 aromatic rings. The molecule has 0 spiro atoms. The van der Waals surface area contributed by atoms with Crippen LogP contribution in [0, 0.1) is 175 Å². The minimum Gasteiger partial charge on any atom is -0.393 e. The van der Waals surface area contributed by atoms with Crippen LogP contribution < -0.4 is 0 Å². The third-order valence-electron chi connectivity index (χ3n) is 47.7. The molecule has 147 heavy (non-hydrogen) atoms. The van der Waals surface area contributed by atoms with Gasteiger partial charge in [-0.1, -0.05) is 220 Å². The Morgan fingerprint density at radius 3 is 0.878 bits per heavy atom. The fourth-order valence-electron chi connectivity index (χ4n) is 37.7. The summed E-state index contributed by atoms with van der Waals surface area (Å²) >= 11 is 0. The number of aliphatic hydroxyl groups is 12. The zero-order valence-electron chi connectivity index (χ0n) is 94.7. The Labute approximate surface area is 872 Å². The van der Waals surface area contributed by atoms with Gasteiger partial charge in [0, 0.05) is 156 Å². The van der Waals surface area contributed by atoms with Gasteiger partial charge >= 0.3 is 0 Å². The molecule has 16 aliphatic carbocycles. The molecule has 26 nitrogen and oxygen atoms in total. The average molecular weight is 2050 g/mol. The van der Waals surface area contributed by atoms with E-state index in [4.69, 9.17) is 9.47 Å². The lowest BCUT2D eigenvalue weighted by Gasteiger charge is -2.64. The first-order valence-electron chi connectivity index (χ1n) is 55.4. The van der Waals surface area contributed by atoms with Crippen molar-refractivity contribution < 1.29 is 128 Å². The third-order valence-corrected chi connectivity index (χ3v) is 47.7. The summed E-state index contributed by atoms with van der Waals surface area (Å²) in [7, 11) is 0. The smallest absolute Gasteiger partial charge is 0.167 e. The van der Waals surface area contributed by atoms with Gasteiger partial charge in [-0.2, -0.15) is 0 Å². The highest BCUT2D eigenvalue weighted by Gasteiger charge is 2.81. The minimum atomic E-state index is -2.05. The molecule has 18 aliphatic rings. The second kappa shape index (κ2) is 35.7. The first-order valence-corrected chi connectivity index (χ1v) is 55.4. The number of hydrogen-bond acceptors (Lipinski definition) is 26. The van der Waals surface area contributed by atoms with Gasteiger partial charge in [-0.15, -0.1) is 0 Å². The molecule has 39 atom stereocenters. The normalized spacial score (nSPS) is 47.6. The SMILES string of the molecule is CC(C)(O)C(O)CC(=O)[C@](C)(O)[C@H]1[C@H](O)C[C@@]2(C)[C@@H]3CC=C4[C@@H](CC(=O)[C@@H](O)C4(C)C)[C@]3(C)C(=O)C[C@]12C.CC(C)(O)CCC(=O)[C@](C)(O)[C@H]1[C@H](O)C[C@@]2(C)[C@@H]3CC=C4[C@@H](CC(=O)[C@@H](O)C4(C)C)[C@]3(C)C(=O)C[C@]12C.C[C@H]1C(=O)C[C@@H](C(C)(C)C)O[C@H]2C[C@@]3(C)[C@@H]4CC=C5[C@@H](CC(=O)[C@H](O)C5(C)C)[C@]4(C)C(=O)C[C@]3(C)[C@H]21.C[C@H]1C(=O)C[C@@H](C(C)(C)O)O[C@H]2C[C@@]3(C)[C@@H]4CC=C5[C@@H](CC(=O)[C@H](O)C5(C)C)[C@]4(C)C(=O)C[C@]3(C)[C@H]21. The molecule has 18 rings (SSSR count). The summed E-state index contributed by atoms with van der Waals surface area (Å²) in [6, 6.07) is 0. The lowest BCUT2D eigenvalue weighted by molar-refractivity contribution is -0.186. The van der Waals surface area contributed by atoms with Crippen LogP contribution in [0.1, 0.15) is 363 Å². The number of carbonyl (C=O) groups is 12. The zero-order valence-corrected chi connectivity index (χ0v) is 94.7. The Bertz CT molecular complexity index is 5400. The number of hydrogen-bond donors (Lipinski definition) is 12. The highest BCUT2D eigenvalue weighted by Crippen LogP contribution is 2.81. The highest BCUT2D eigenvalue weighted by atomic mass is 16.5. The van der Waals surface area contributed by atoms with E-state index in [9.17, 15) is 119 Å². The number of allylic oxidation sites excluding steroid dienone is 4. The van der Waals surface area contributed by atoms with Crippen molar-refractivity contribution in [1.29, 1.82) is 0 Å². The third kappa shape index (κ3) is 16.3. The van der Waals surface area contributed by atoms with Crippen LogP contribution in [0.2, 0.25) is 0 Å². The van der Waals surface area contributed by atoms with Crippen molar-refractivity contribution in [3.63, 3.8) is 0 Å². The molecule has 2 aliphatic heterocycles. The van der Waals surface area contributed by atoms with Gasteiger partial charge in [0.1, 0.15) is 70.3 Å². The Morgan fingerprint density at radius 1 is 0.354 bits per heavy atom. The maximum absolute atomic E-state index is 14.3. The Hall–Kier alpha value is -5.56. The number of carbonyl (C=O) groups excluding carboxylic acids is 12. The van der Waals surface area contributed by atoms with Crippen molar-refractivity contribution in [2.45, 2.75) is 458 Å². The molecule has 2 heterocycles. The molecule has 0 radical (unpaired) electrons. The van der Waals surface area contributed by atoms with E-state index in [1.54, 1.807) is 27.7 Å². The standard InChI is InChI=1S/C31H46O5.C30H46O8.C30H46O7.C30H44O6/c1-16-19(32)13-24(27(2,3)4)36-21-14-29(7)22-11-10-17-18(12-20(33)26(35)28(17,5)6)31(22,9)23(34)15-30(29,8)25(16)21;1-25(2)15-9-10-19-27(5)13-18(32)23(30(8,38)21(34)12-20(33)26(3,4)37)28(27,6)14-22(35)29(19,7)16(15)11-17(31)24(25)36;1-25(2,36)12-11-21(33)30(8,37)23-19(32)14-27(5)20-10-9-16-17(13-18(31)24(35)26(16,3)4)29(20,7)22(34)15-28(23,27)6;1-15-18(31)12-23(27(4,5)35)36-20-13-28(6)21-10-9-16-17(11-19(32)25(34)26(16,2)3)30(21,8)22(33)14-29(28,7)24(15)20/h10,16,18,21-22,24-26,35H,11-15H2,1-9H3;9,16,18-20,23-24,32-33,36-38H,10-14H2,1-8H3;9,17,19-20,23-24,32,35-37H,10-15H2,1-8H3;9,15,17,20-21,23-25,34-35H,10-14H2,1-8H3/t16-,18+,21-,22-,24-,25-,26-,29-,30+,31-;16-,18-,19+,20?,23+,24-,27+,28-,29+,30+;17-,19-,20+,23+,24-,27+,28-,29+,30+;15-,17+,20-,21-,23-,24-,25-,28-,29+,30-/m0110/s1. The monoisotopic (exact) mass is 2050 g/mol. The van der Waals surface area contributed by atoms with Crippen LogP contribution in [0.15, 0.2) is 46.6 Å². The van der Waals surface area contributed by atoms with Crippen LogP contribution in [-0.4, -0.2) is 226 Å². The molecule has 14 fully saturated rings. The Kier molecular flexibility index (Phi) is 28.1. The maximum atomic E-state index is 14.3. The molecular weight excluding hydrogens is 1870 g/mol. The first-order chi connectivity index (χ1) is 66.5. The molecule has 12 saturated carbocycles. The predicted molar refractivity (Wildman–Crippen MR) is 551 cm³/mol. The zero-order chi connectivity index (χ0) is 111. The quantitative estimate of drug-likeness (QED) is 0.0855. The largest absolute Gasteiger partial charge is 0.393 e. The highest BCUT2D eigenvalue weighted by molar-refractivity contribution is 5.97. The Balaban J connectivity index is 0.000000147. The van der Waals surface area contributed by atoms with E-state index in [0.717, 1.165) is 41.6 Å². The van der Waals surface area contributed by atoms with E-state index in [1.165, 1.54) is 27.7 Å². The van der Waals surface area contributed by atoms with Crippen LogP contribution in [-0.2, 0) is 67.0 Å². The summed E-state index contributed by atoms with van der Waals surface area (Å²) in [5.74, 6) is -5.06. The molecule has 2 saturated heterocycles. The van der Waals surface area contributed by atoms with Gasteiger partial charge < -0.3 is 70.8 Å². The van der Waals surface area contributed by atoms with Crippen LogP contribution in [0.4, 0.5) is 0 Å². The number of aliphatic hydroxyl groups excluding tert-OH is 7. The summed E-state index contributed by atoms with van der Waals surface area (Å²) in [6.07, 6.45) is 6.42. The van der Waals surface area contributed by atoms with E-state index in [1.807, 2.05) is 96.9 Å². The number of Topliss-reactive ketones (excluding diaryl/α,β-unsaturated/α-hetero) is 12. The van der Waals surface area contributed by atoms with E-state index in [-0.39, 0.29) is 233 Å². The van der Waals surface area contributed by atoms with E-state index in [2.05, 4.69) is 100 Å². The van der Waals surface area contributed by atoms with E-state index in [0.29, 0.717) is 44.9 Å². The summed E-state index contributed by atoms with van der Waals surface area (Å²) in [4.78, 5) is 162. The lowest BCUT2D eigenvalue weighted by Crippen LogP contribution is -2.65. The summed E-state index contributed by atoms with van der Waals surface area (Å²) in [5, 5.41) is 130. The van der Waals surface area contributed by atoms with Gasteiger partial charge in [-0.3, -0.25) is 57.5 Å². The Morgan fingerprint density at radius 2 is 0.612 bits per heavy atom. The molecule has 1 unspecified atom stereocenters. The van der Waals surface area contributed by atoms with E-state index >= 15 is 0 Å². The van der Waals surface area contributed by atoms with Crippen LogP contribution in [0.3, 0.4) is 0 Å². The second-order valence-corrected chi connectivity index (χ2v) is 59.1. The number of ether oxygens (including phenoxy) is 2. The van der Waals surface area contributed by atoms with Crippen molar-refractivity contribution in [3.05, 3.63) is 46.6 Å². The van der Waals surface area contributed by atoms with Gasteiger partial charge in [0.2, 0.25) is 0 Å². The van der Waals surface area contributed by atoms with Crippen molar-refractivity contribution in [1.82, 2.24) is 0 Å². The lowest BCUT2D eigenvalue weighted by atomic mass is 9.38. The van der Waals surface area contributed by atoms with Crippen LogP contribution in [0.5, 0.6) is 0 Å². The van der Waals surface area contributed by atoms with Crippen molar-refractivity contribution in [2.24, 2.45) is 175 Å². The fraction of sp³-hybridized carbons (Fsp3) is 0.835. The molecular formula is C121H182O26. The van der Waals surface area contributed by atoms with Gasteiger partial charge in [0.05, 0.1) is 59.5 Å². The van der Waals surface area contributed by atoms with E-state index < -0.39 is 177 Å².